The Morgan fingerprint density at radius 2 is 1.93 bits per heavy atom. The number of hydrogen-bond donors (Lipinski definition) is 0. The number of rotatable bonds is 5. The molecule has 2 aromatic heterocycles. The highest BCUT2D eigenvalue weighted by atomic mass is 32.1. The number of hydrogen-bond acceptors (Lipinski definition) is 6. The molecule has 1 amide bonds. The zero-order valence-electron chi connectivity index (χ0n) is 15.4. The van der Waals surface area contributed by atoms with Gasteiger partial charge in [-0.2, -0.15) is 0 Å². The van der Waals surface area contributed by atoms with E-state index in [2.05, 4.69) is 4.98 Å². The molecule has 0 spiro atoms. The Bertz CT molecular complexity index is 1100. The lowest BCUT2D eigenvalue weighted by Crippen LogP contribution is -2.33. The number of thiazole rings is 1. The van der Waals surface area contributed by atoms with Crippen molar-refractivity contribution in [2.75, 3.05) is 13.7 Å². The molecule has 0 aliphatic carbocycles. The van der Waals surface area contributed by atoms with Crippen LogP contribution in [0.5, 0.6) is 0 Å². The molecule has 0 fully saturated rings. The van der Waals surface area contributed by atoms with Crippen LogP contribution in [-0.4, -0.2) is 35.4 Å². The minimum absolute atomic E-state index is 0.0795. The molecule has 4 rings (SSSR count). The Morgan fingerprint density at radius 3 is 2.71 bits per heavy atom. The van der Waals surface area contributed by atoms with Crippen molar-refractivity contribution in [2.45, 2.75) is 13.0 Å². The Labute approximate surface area is 165 Å². The van der Waals surface area contributed by atoms with Gasteiger partial charge in [-0.3, -0.25) is 4.79 Å². The summed E-state index contributed by atoms with van der Waals surface area (Å²) in [5.74, 6) is -0.891. The van der Waals surface area contributed by atoms with Gasteiger partial charge < -0.3 is 14.1 Å². The summed E-state index contributed by atoms with van der Waals surface area (Å²) in [6.45, 7) is 1.54. The van der Waals surface area contributed by atoms with E-state index in [-0.39, 0.29) is 24.3 Å². The third-order valence-electron chi connectivity index (χ3n) is 4.60. The SMILES string of the molecule is C[C@H](c1nc2ccccc2s1)N(C)C(=O)COC(=O)c1cc2ccccc2o1. The fourth-order valence-corrected chi connectivity index (χ4v) is 3.90. The third-order valence-corrected chi connectivity index (χ3v) is 5.80. The lowest BCUT2D eigenvalue weighted by Gasteiger charge is -2.22. The van der Waals surface area contributed by atoms with Gasteiger partial charge in [0.25, 0.3) is 5.91 Å². The van der Waals surface area contributed by atoms with Gasteiger partial charge >= 0.3 is 5.97 Å². The molecule has 2 heterocycles. The van der Waals surface area contributed by atoms with E-state index in [1.165, 1.54) is 4.90 Å². The molecule has 28 heavy (non-hydrogen) atoms. The summed E-state index contributed by atoms with van der Waals surface area (Å²) in [5, 5.41) is 1.64. The Kier molecular flexibility index (Phi) is 4.83. The van der Waals surface area contributed by atoms with E-state index < -0.39 is 5.97 Å². The largest absolute Gasteiger partial charge is 0.450 e. The monoisotopic (exact) mass is 394 g/mol. The smallest absolute Gasteiger partial charge is 0.374 e. The second-order valence-electron chi connectivity index (χ2n) is 6.43. The summed E-state index contributed by atoms with van der Waals surface area (Å²) in [5.41, 5.74) is 1.51. The molecule has 0 aliphatic heterocycles. The molecule has 0 saturated heterocycles. The molecular weight excluding hydrogens is 376 g/mol. The number of likely N-dealkylation sites (N-methyl/N-ethyl adjacent to an activating group) is 1. The van der Waals surface area contributed by atoms with Gasteiger partial charge in [0.2, 0.25) is 5.76 Å². The second-order valence-corrected chi connectivity index (χ2v) is 7.49. The van der Waals surface area contributed by atoms with Crippen LogP contribution in [0.15, 0.2) is 59.0 Å². The maximum Gasteiger partial charge on any atom is 0.374 e. The number of aromatic nitrogens is 1. The number of amides is 1. The van der Waals surface area contributed by atoms with Crippen LogP contribution >= 0.6 is 11.3 Å². The van der Waals surface area contributed by atoms with E-state index >= 15 is 0 Å². The summed E-state index contributed by atoms with van der Waals surface area (Å²) < 4.78 is 11.7. The maximum atomic E-state index is 12.5. The van der Waals surface area contributed by atoms with Crippen molar-refractivity contribution in [3.8, 4) is 0 Å². The topological polar surface area (TPSA) is 72.6 Å². The summed E-state index contributed by atoms with van der Waals surface area (Å²) in [7, 11) is 1.67. The Morgan fingerprint density at radius 1 is 1.18 bits per heavy atom. The molecule has 7 heteroatoms. The molecule has 0 unspecified atom stereocenters. The predicted molar refractivity (Wildman–Crippen MR) is 107 cm³/mol. The molecule has 142 valence electrons. The van der Waals surface area contributed by atoms with Crippen LogP contribution in [0.25, 0.3) is 21.2 Å². The predicted octanol–water partition coefficient (Wildman–Crippen LogP) is 4.42. The number of benzene rings is 2. The number of para-hydroxylation sites is 2. The summed E-state index contributed by atoms with van der Waals surface area (Å²) in [4.78, 5) is 30.8. The minimum Gasteiger partial charge on any atom is -0.450 e. The van der Waals surface area contributed by atoms with E-state index in [4.69, 9.17) is 9.15 Å². The number of furan rings is 1. The number of carbonyl (C=O) groups is 2. The number of ether oxygens (including phenoxy) is 1. The second kappa shape index (κ2) is 7.44. The van der Waals surface area contributed by atoms with E-state index in [9.17, 15) is 9.59 Å². The maximum absolute atomic E-state index is 12.5. The molecular formula is C21H18N2O4S. The minimum atomic E-state index is -0.661. The van der Waals surface area contributed by atoms with Gasteiger partial charge in [-0.1, -0.05) is 30.3 Å². The molecule has 0 radical (unpaired) electrons. The first-order valence-corrected chi connectivity index (χ1v) is 9.61. The molecule has 0 saturated carbocycles. The quantitative estimate of drug-likeness (QED) is 0.469. The molecule has 1 atom stereocenters. The fourth-order valence-electron chi connectivity index (χ4n) is 2.83. The first-order valence-electron chi connectivity index (χ1n) is 8.80. The van der Waals surface area contributed by atoms with E-state index in [1.807, 2.05) is 49.4 Å². The van der Waals surface area contributed by atoms with Crippen molar-refractivity contribution in [3.63, 3.8) is 0 Å². The lowest BCUT2D eigenvalue weighted by atomic mass is 10.2. The average Bonchev–Trinajstić information content (AvgIpc) is 3.34. The zero-order valence-corrected chi connectivity index (χ0v) is 16.2. The van der Waals surface area contributed by atoms with Crippen LogP contribution in [0.2, 0.25) is 0 Å². The normalized spacial score (nSPS) is 12.2. The van der Waals surface area contributed by atoms with Gasteiger partial charge in [-0.15, -0.1) is 11.3 Å². The summed E-state index contributed by atoms with van der Waals surface area (Å²) in [6.07, 6.45) is 0. The average molecular weight is 394 g/mol. The van der Waals surface area contributed by atoms with Crippen LogP contribution in [0.4, 0.5) is 0 Å². The van der Waals surface area contributed by atoms with Crippen LogP contribution < -0.4 is 0 Å². The Hall–Kier alpha value is -3.19. The molecule has 2 aromatic carbocycles. The molecule has 0 bridgehead atoms. The lowest BCUT2D eigenvalue weighted by molar-refractivity contribution is -0.135. The summed E-state index contributed by atoms with van der Waals surface area (Å²) in [6, 6.07) is 16.5. The van der Waals surface area contributed by atoms with Crippen molar-refractivity contribution >= 4 is 44.4 Å². The first-order chi connectivity index (χ1) is 13.5. The Balaban J connectivity index is 1.40. The van der Waals surface area contributed by atoms with E-state index in [0.717, 1.165) is 20.6 Å². The number of carbonyl (C=O) groups excluding carboxylic acids is 2. The van der Waals surface area contributed by atoms with Crippen LogP contribution in [-0.2, 0) is 9.53 Å². The van der Waals surface area contributed by atoms with Crippen LogP contribution in [0.1, 0.15) is 28.5 Å². The highest BCUT2D eigenvalue weighted by molar-refractivity contribution is 7.18. The number of esters is 1. The van der Waals surface area contributed by atoms with Gasteiger partial charge in [-0.25, -0.2) is 9.78 Å². The highest BCUT2D eigenvalue weighted by Crippen LogP contribution is 2.28. The van der Waals surface area contributed by atoms with Crippen molar-refractivity contribution in [1.82, 2.24) is 9.88 Å². The first kappa shape index (κ1) is 18.2. The van der Waals surface area contributed by atoms with Crippen molar-refractivity contribution < 1.29 is 18.7 Å². The van der Waals surface area contributed by atoms with Crippen molar-refractivity contribution in [2.24, 2.45) is 0 Å². The van der Waals surface area contributed by atoms with Crippen molar-refractivity contribution in [3.05, 3.63) is 65.4 Å². The standard InChI is InChI=1S/C21H18N2O4S/c1-13(20-22-15-8-4-6-10-18(15)28-20)23(2)19(24)12-26-21(25)17-11-14-7-3-5-9-16(14)27-17/h3-11,13H,12H2,1-2H3/t13-/m1/s1. The van der Waals surface area contributed by atoms with Crippen molar-refractivity contribution in [1.29, 1.82) is 0 Å². The van der Waals surface area contributed by atoms with Gasteiger partial charge in [0.05, 0.1) is 16.3 Å². The van der Waals surface area contributed by atoms with E-state index in [0.29, 0.717) is 5.58 Å². The van der Waals surface area contributed by atoms with Crippen LogP contribution in [0.3, 0.4) is 0 Å². The molecule has 4 aromatic rings. The van der Waals surface area contributed by atoms with Gasteiger partial charge in [0.15, 0.2) is 6.61 Å². The highest BCUT2D eigenvalue weighted by Gasteiger charge is 2.23. The van der Waals surface area contributed by atoms with Gasteiger partial charge in [-0.05, 0) is 31.2 Å². The van der Waals surface area contributed by atoms with Crippen LogP contribution in [0, 0.1) is 0 Å². The molecule has 0 aliphatic rings. The molecule has 6 nitrogen and oxygen atoms in total. The third kappa shape index (κ3) is 3.48. The summed E-state index contributed by atoms with van der Waals surface area (Å²) >= 11 is 1.55. The van der Waals surface area contributed by atoms with Gasteiger partial charge in [0, 0.05) is 12.4 Å². The van der Waals surface area contributed by atoms with E-state index in [1.54, 1.807) is 30.5 Å². The fraction of sp³-hybridized carbons (Fsp3) is 0.190. The molecule has 0 N–H and O–H groups in total. The number of nitrogens with zero attached hydrogens (tertiary/aromatic N) is 2. The zero-order chi connectivity index (χ0) is 19.7. The number of fused-ring (bicyclic) bond motifs is 2. The van der Waals surface area contributed by atoms with Gasteiger partial charge in [0.1, 0.15) is 10.6 Å².